The number of likely N-dealkylation sites (tertiary alicyclic amines) is 1. The van der Waals surface area contributed by atoms with Gasteiger partial charge in [-0.25, -0.2) is 0 Å². The lowest BCUT2D eigenvalue weighted by Gasteiger charge is -2.25. The topological polar surface area (TPSA) is 78.7 Å². The molecule has 1 saturated heterocycles. The standard InChI is InChI=1S/C25H36N4O3/c1-3-4-5-6-9-21-10-12-22(13-11-21)25(31)29(17-16-28-14-7-8-15-28)19-24(30)26-23-18-20(2)32-27-23/h10-13,18H,3-9,14-17,19H2,1-2H3,(H,26,27,30). The van der Waals surface area contributed by atoms with E-state index in [9.17, 15) is 9.59 Å². The minimum absolute atomic E-state index is 0.0165. The van der Waals surface area contributed by atoms with Crippen molar-refractivity contribution in [2.75, 3.05) is 38.0 Å². The zero-order valence-corrected chi connectivity index (χ0v) is 19.4. The van der Waals surface area contributed by atoms with E-state index in [4.69, 9.17) is 4.52 Å². The van der Waals surface area contributed by atoms with E-state index in [1.807, 2.05) is 24.3 Å². The van der Waals surface area contributed by atoms with Gasteiger partial charge in [0.15, 0.2) is 5.82 Å². The first kappa shape index (κ1) is 24.0. The highest BCUT2D eigenvalue weighted by Crippen LogP contribution is 2.13. The number of hydrogen-bond donors (Lipinski definition) is 1. The molecule has 7 heteroatoms. The number of aromatic nitrogens is 1. The van der Waals surface area contributed by atoms with Crippen LogP contribution in [0.2, 0.25) is 0 Å². The number of aryl methyl sites for hydroxylation is 2. The Kier molecular flexibility index (Phi) is 9.28. The van der Waals surface area contributed by atoms with Crippen molar-refractivity contribution in [2.24, 2.45) is 0 Å². The normalized spacial score (nSPS) is 13.9. The van der Waals surface area contributed by atoms with E-state index in [1.165, 1.54) is 44.1 Å². The number of anilines is 1. The summed E-state index contributed by atoms with van der Waals surface area (Å²) in [6.45, 7) is 7.36. The van der Waals surface area contributed by atoms with E-state index < -0.39 is 0 Å². The Labute approximate surface area is 191 Å². The zero-order chi connectivity index (χ0) is 22.8. The molecule has 2 amide bonds. The SMILES string of the molecule is CCCCCCc1ccc(C(=O)N(CCN2CCCC2)CC(=O)Nc2cc(C)on2)cc1. The average molecular weight is 441 g/mol. The monoisotopic (exact) mass is 440 g/mol. The maximum absolute atomic E-state index is 13.2. The molecule has 0 spiro atoms. The molecule has 2 aromatic rings. The fraction of sp³-hybridized carbons (Fsp3) is 0.560. The van der Waals surface area contributed by atoms with Gasteiger partial charge in [-0.3, -0.25) is 9.59 Å². The molecule has 0 bridgehead atoms. The van der Waals surface area contributed by atoms with Gasteiger partial charge in [-0.1, -0.05) is 43.5 Å². The number of unbranched alkanes of at least 4 members (excludes halogenated alkanes) is 3. The number of benzene rings is 1. The van der Waals surface area contributed by atoms with Crippen molar-refractivity contribution in [1.29, 1.82) is 0 Å². The third-order valence-electron chi connectivity index (χ3n) is 5.92. The highest BCUT2D eigenvalue weighted by molar-refractivity contribution is 5.99. The van der Waals surface area contributed by atoms with Crippen LogP contribution in [0, 0.1) is 6.92 Å². The van der Waals surface area contributed by atoms with Gasteiger partial charge < -0.3 is 19.6 Å². The van der Waals surface area contributed by atoms with Crippen molar-refractivity contribution in [1.82, 2.24) is 15.0 Å². The summed E-state index contributed by atoms with van der Waals surface area (Å²) in [6.07, 6.45) is 8.32. The number of nitrogens with zero attached hydrogens (tertiary/aromatic N) is 3. The molecule has 32 heavy (non-hydrogen) atoms. The van der Waals surface area contributed by atoms with Crippen molar-refractivity contribution in [2.45, 2.75) is 58.8 Å². The molecule has 1 N–H and O–H groups in total. The number of nitrogens with one attached hydrogen (secondary N) is 1. The second kappa shape index (κ2) is 12.4. The molecule has 174 valence electrons. The molecule has 7 nitrogen and oxygen atoms in total. The summed E-state index contributed by atoms with van der Waals surface area (Å²) >= 11 is 0. The van der Waals surface area contributed by atoms with Crippen LogP contribution in [0.5, 0.6) is 0 Å². The summed E-state index contributed by atoms with van der Waals surface area (Å²) in [5.41, 5.74) is 1.87. The number of carbonyl (C=O) groups excluding carboxylic acids is 2. The predicted molar refractivity (Wildman–Crippen MR) is 126 cm³/mol. The van der Waals surface area contributed by atoms with E-state index in [0.29, 0.717) is 23.7 Å². The zero-order valence-electron chi connectivity index (χ0n) is 19.4. The van der Waals surface area contributed by atoms with Gasteiger partial charge in [0.2, 0.25) is 5.91 Å². The van der Waals surface area contributed by atoms with Gasteiger partial charge in [0.05, 0.1) is 0 Å². The lowest BCUT2D eigenvalue weighted by molar-refractivity contribution is -0.117. The van der Waals surface area contributed by atoms with Crippen LogP contribution in [-0.2, 0) is 11.2 Å². The van der Waals surface area contributed by atoms with E-state index in [1.54, 1.807) is 17.9 Å². The molecule has 0 atom stereocenters. The van der Waals surface area contributed by atoms with Crippen molar-refractivity contribution >= 4 is 17.6 Å². The Morgan fingerprint density at radius 3 is 2.53 bits per heavy atom. The first-order valence-corrected chi connectivity index (χ1v) is 11.9. The van der Waals surface area contributed by atoms with Gasteiger partial charge in [0.25, 0.3) is 5.91 Å². The van der Waals surface area contributed by atoms with Gasteiger partial charge >= 0.3 is 0 Å². The molecule has 0 radical (unpaired) electrons. The molecule has 0 aliphatic carbocycles. The molecule has 1 aromatic carbocycles. The van der Waals surface area contributed by atoms with E-state index in [0.717, 1.165) is 26.1 Å². The quantitative estimate of drug-likeness (QED) is 0.498. The van der Waals surface area contributed by atoms with Crippen LogP contribution in [0.4, 0.5) is 5.82 Å². The lowest BCUT2D eigenvalue weighted by atomic mass is 10.0. The number of amides is 2. The van der Waals surface area contributed by atoms with Crippen molar-refractivity contribution < 1.29 is 14.1 Å². The summed E-state index contributed by atoms with van der Waals surface area (Å²) < 4.78 is 5.00. The van der Waals surface area contributed by atoms with Crippen LogP contribution in [-0.4, -0.2) is 59.5 Å². The van der Waals surface area contributed by atoms with Crippen LogP contribution in [0.25, 0.3) is 0 Å². The largest absolute Gasteiger partial charge is 0.360 e. The van der Waals surface area contributed by atoms with Crippen LogP contribution in [0.15, 0.2) is 34.9 Å². The van der Waals surface area contributed by atoms with Crippen molar-refractivity contribution in [3.63, 3.8) is 0 Å². The second-order valence-electron chi connectivity index (χ2n) is 8.65. The summed E-state index contributed by atoms with van der Waals surface area (Å²) in [4.78, 5) is 29.8. The van der Waals surface area contributed by atoms with Crippen LogP contribution >= 0.6 is 0 Å². The van der Waals surface area contributed by atoms with Gasteiger partial charge in [0.1, 0.15) is 12.3 Å². The van der Waals surface area contributed by atoms with Crippen LogP contribution < -0.4 is 5.32 Å². The number of carbonyl (C=O) groups is 2. The number of rotatable bonds is 12. The first-order chi connectivity index (χ1) is 15.5. The molecule has 1 fully saturated rings. The summed E-state index contributed by atoms with van der Waals surface area (Å²) in [7, 11) is 0. The van der Waals surface area contributed by atoms with Gasteiger partial charge in [-0.2, -0.15) is 0 Å². The van der Waals surface area contributed by atoms with Crippen LogP contribution in [0.1, 0.15) is 67.1 Å². The Hall–Kier alpha value is -2.67. The average Bonchev–Trinajstić information content (AvgIpc) is 3.46. The second-order valence-corrected chi connectivity index (χ2v) is 8.65. The maximum atomic E-state index is 13.2. The van der Waals surface area contributed by atoms with Crippen molar-refractivity contribution in [3.05, 3.63) is 47.2 Å². The number of hydrogen-bond acceptors (Lipinski definition) is 5. The highest BCUT2D eigenvalue weighted by Gasteiger charge is 2.21. The molecule has 2 heterocycles. The summed E-state index contributed by atoms with van der Waals surface area (Å²) in [5, 5.41) is 6.52. The minimum atomic E-state index is -0.277. The third-order valence-corrected chi connectivity index (χ3v) is 5.92. The molecule has 0 unspecified atom stereocenters. The molecule has 0 saturated carbocycles. The molecule has 1 aromatic heterocycles. The molecule has 1 aliphatic rings. The lowest BCUT2D eigenvalue weighted by Crippen LogP contribution is -2.42. The Bertz CT molecular complexity index is 856. The van der Waals surface area contributed by atoms with Gasteiger partial charge in [-0.05, 0) is 63.4 Å². The fourth-order valence-corrected chi connectivity index (χ4v) is 4.05. The minimum Gasteiger partial charge on any atom is -0.360 e. The molecular weight excluding hydrogens is 404 g/mol. The van der Waals surface area contributed by atoms with Crippen LogP contribution in [0.3, 0.4) is 0 Å². The Morgan fingerprint density at radius 1 is 1.12 bits per heavy atom. The third kappa shape index (κ3) is 7.48. The smallest absolute Gasteiger partial charge is 0.254 e. The van der Waals surface area contributed by atoms with E-state index in [2.05, 4.69) is 22.3 Å². The predicted octanol–water partition coefficient (Wildman–Crippen LogP) is 4.28. The van der Waals surface area contributed by atoms with E-state index >= 15 is 0 Å². The summed E-state index contributed by atoms with van der Waals surface area (Å²) in [5.74, 6) is 0.595. The van der Waals surface area contributed by atoms with Crippen molar-refractivity contribution in [3.8, 4) is 0 Å². The summed E-state index contributed by atoms with van der Waals surface area (Å²) in [6, 6.07) is 9.51. The Morgan fingerprint density at radius 2 is 1.88 bits per heavy atom. The highest BCUT2D eigenvalue weighted by atomic mass is 16.5. The molecular formula is C25H36N4O3. The van der Waals surface area contributed by atoms with Gasteiger partial charge in [-0.15, -0.1) is 0 Å². The fourth-order valence-electron chi connectivity index (χ4n) is 4.05. The first-order valence-electron chi connectivity index (χ1n) is 11.9. The molecule has 3 rings (SSSR count). The maximum Gasteiger partial charge on any atom is 0.254 e. The molecule has 1 aliphatic heterocycles. The van der Waals surface area contributed by atoms with Gasteiger partial charge in [0, 0.05) is 24.7 Å². The van der Waals surface area contributed by atoms with E-state index in [-0.39, 0.29) is 18.4 Å². The Balaban J connectivity index is 1.61.